The lowest BCUT2D eigenvalue weighted by atomic mass is 10.1. The Bertz CT molecular complexity index is 368. The maximum absolute atomic E-state index is 11.4. The molecule has 4 heteroatoms. The summed E-state index contributed by atoms with van der Waals surface area (Å²) in [6.45, 7) is 2.05. The number of nitrogens with zero attached hydrogens (tertiary/aromatic N) is 1. The van der Waals surface area contributed by atoms with Crippen molar-refractivity contribution >= 4 is 11.8 Å². The van der Waals surface area contributed by atoms with Crippen LogP contribution in [0.15, 0.2) is 18.3 Å². The highest BCUT2D eigenvalue weighted by molar-refractivity contribution is 5.95. The smallest absolute Gasteiger partial charge is 0.313 e. The number of esters is 1. The lowest BCUT2D eigenvalue weighted by molar-refractivity contribution is -0.145. The Morgan fingerprint density at radius 2 is 2.19 bits per heavy atom. The van der Waals surface area contributed by atoms with Gasteiger partial charge < -0.3 is 9.30 Å². The fraction of sp³-hybridized carbons (Fsp3) is 0.500. The fourth-order valence-electron chi connectivity index (χ4n) is 1.49. The number of aryl methyl sites for hydroxylation is 2. The van der Waals surface area contributed by atoms with E-state index in [1.807, 2.05) is 29.9 Å². The first-order valence-corrected chi connectivity index (χ1v) is 5.41. The molecule has 0 saturated carbocycles. The number of aromatic nitrogens is 1. The third-order valence-corrected chi connectivity index (χ3v) is 2.36. The molecule has 0 aromatic carbocycles. The Morgan fingerprint density at radius 1 is 1.44 bits per heavy atom. The SMILES string of the molecule is CCOC(=O)CC(=O)CCc1cccn1C. The predicted molar refractivity (Wildman–Crippen MR) is 60.0 cm³/mol. The molecule has 1 aromatic rings. The molecule has 0 unspecified atom stereocenters. The summed E-state index contributed by atoms with van der Waals surface area (Å²) in [6.07, 6.45) is 2.88. The Labute approximate surface area is 95.2 Å². The first kappa shape index (κ1) is 12.5. The lowest BCUT2D eigenvalue weighted by Crippen LogP contribution is -2.12. The number of ether oxygens (including phenoxy) is 1. The van der Waals surface area contributed by atoms with Crippen LogP contribution in [0.4, 0.5) is 0 Å². The number of ketones is 1. The van der Waals surface area contributed by atoms with Crippen LogP contribution in [-0.2, 0) is 27.8 Å². The summed E-state index contributed by atoms with van der Waals surface area (Å²) in [5, 5.41) is 0. The average Bonchev–Trinajstić information content (AvgIpc) is 2.61. The summed E-state index contributed by atoms with van der Waals surface area (Å²) < 4.78 is 6.68. The molecule has 0 aliphatic heterocycles. The number of hydrogen-bond donors (Lipinski definition) is 0. The molecule has 0 amide bonds. The van der Waals surface area contributed by atoms with Crippen molar-refractivity contribution in [2.24, 2.45) is 7.05 Å². The van der Waals surface area contributed by atoms with Gasteiger partial charge in [-0.05, 0) is 25.5 Å². The molecule has 0 radical (unpaired) electrons. The number of carbonyl (C=O) groups excluding carboxylic acids is 2. The molecule has 0 aliphatic rings. The van der Waals surface area contributed by atoms with Crippen molar-refractivity contribution < 1.29 is 14.3 Å². The maximum atomic E-state index is 11.4. The Balaban J connectivity index is 2.31. The molecule has 1 rings (SSSR count). The zero-order valence-corrected chi connectivity index (χ0v) is 9.73. The third-order valence-electron chi connectivity index (χ3n) is 2.36. The zero-order valence-electron chi connectivity index (χ0n) is 9.73. The summed E-state index contributed by atoms with van der Waals surface area (Å²) in [5.74, 6) is -0.501. The van der Waals surface area contributed by atoms with Crippen LogP contribution in [0.2, 0.25) is 0 Å². The highest BCUT2D eigenvalue weighted by Crippen LogP contribution is 2.05. The van der Waals surface area contributed by atoms with E-state index < -0.39 is 5.97 Å². The molecule has 1 aromatic heterocycles. The second kappa shape index (κ2) is 6.10. The summed E-state index contributed by atoms with van der Waals surface area (Å²) in [7, 11) is 1.94. The summed E-state index contributed by atoms with van der Waals surface area (Å²) in [4.78, 5) is 22.5. The van der Waals surface area contributed by atoms with Crippen LogP contribution >= 0.6 is 0 Å². The number of carbonyl (C=O) groups is 2. The third kappa shape index (κ3) is 3.88. The fourth-order valence-corrected chi connectivity index (χ4v) is 1.49. The molecule has 88 valence electrons. The van der Waals surface area contributed by atoms with E-state index in [1.54, 1.807) is 6.92 Å². The van der Waals surface area contributed by atoms with Gasteiger partial charge in [-0.25, -0.2) is 0 Å². The van der Waals surface area contributed by atoms with Gasteiger partial charge in [0.25, 0.3) is 0 Å². The minimum absolute atomic E-state index is 0.0698. The van der Waals surface area contributed by atoms with E-state index >= 15 is 0 Å². The normalized spacial score (nSPS) is 10.1. The topological polar surface area (TPSA) is 48.3 Å². The van der Waals surface area contributed by atoms with Gasteiger partial charge in [0.05, 0.1) is 6.61 Å². The van der Waals surface area contributed by atoms with Gasteiger partial charge in [-0.15, -0.1) is 0 Å². The summed E-state index contributed by atoms with van der Waals surface area (Å²) in [5.41, 5.74) is 1.09. The summed E-state index contributed by atoms with van der Waals surface area (Å²) >= 11 is 0. The van der Waals surface area contributed by atoms with Crippen LogP contribution in [-0.4, -0.2) is 22.9 Å². The van der Waals surface area contributed by atoms with Gasteiger partial charge in [-0.1, -0.05) is 0 Å². The monoisotopic (exact) mass is 223 g/mol. The quantitative estimate of drug-likeness (QED) is 0.542. The molecule has 0 fully saturated rings. The maximum Gasteiger partial charge on any atom is 0.313 e. The van der Waals surface area contributed by atoms with Gasteiger partial charge in [0.2, 0.25) is 0 Å². The van der Waals surface area contributed by atoms with Gasteiger partial charge >= 0.3 is 5.97 Å². The zero-order chi connectivity index (χ0) is 12.0. The van der Waals surface area contributed by atoms with Crippen LogP contribution in [0.5, 0.6) is 0 Å². The van der Waals surface area contributed by atoms with E-state index in [9.17, 15) is 9.59 Å². The van der Waals surface area contributed by atoms with E-state index in [1.165, 1.54) is 0 Å². The van der Waals surface area contributed by atoms with E-state index in [4.69, 9.17) is 4.74 Å². The Hall–Kier alpha value is -1.58. The first-order valence-electron chi connectivity index (χ1n) is 5.41. The minimum atomic E-state index is -0.431. The van der Waals surface area contributed by atoms with Crippen LogP contribution < -0.4 is 0 Å². The molecule has 0 saturated heterocycles. The Kier molecular flexibility index (Phi) is 4.76. The second-order valence-corrected chi connectivity index (χ2v) is 3.63. The van der Waals surface area contributed by atoms with E-state index in [2.05, 4.69) is 0 Å². The van der Waals surface area contributed by atoms with Crippen molar-refractivity contribution in [2.45, 2.75) is 26.2 Å². The number of hydrogen-bond acceptors (Lipinski definition) is 3. The van der Waals surface area contributed by atoms with Gasteiger partial charge in [-0.2, -0.15) is 0 Å². The highest BCUT2D eigenvalue weighted by Gasteiger charge is 2.10. The van der Waals surface area contributed by atoms with Crippen LogP contribution in [0.3, 0.4) is 0 Å². The molecule has 1 heterocycles. The van der Waals surface area contributed by atoms with Crippen molar-refractivity contribution in [3.63, 3.8) is 0 Å². The van der Waals surface area contributed by atoms with E-state index in [0.717, 1.165) is 5.69 Å². The molecule has 16 heavy (non-hydrogen) atoms. The molecule has 0 atom stereocenters. The molecular formula is C12H17NO3. The van der Waals surface area contributed by atoms with Crippen LogP contribution in [0.1, 0.15) is 25.5 Å². The van der Waals surface area contributed by atoms with Crippen molar-refractivity contribution in [3.05, 3.63) is 24.0 Å². The number of Topliss-reactive ketones (excluding diaryl/α,β-unsaturated/α-hetero) is 1. The molecular weight excluding hydrogens is 206 g/mol. The van der Waals surface area contributed by atoms with Gasteiger partial charge in [0, 0.05) is 25.4 Å². The van der Waals surface area contributed by atoms with Gasteiger partial charge in [0.15, 0.2) is 0 Å². The first-order chi connectivity index (χ1) is 7.63. The summed E-state index contributed by atoms with van der Waals surface area (Å²) in [6, 6.07) is 3.91. The van der Waals surface area contributed by atoms with Gasteiger partial charge in [0.1, 0.15) is 12.2 Å². The molecule has 0 spiro atoms. The van der Waals surface area contributed by atoms with Crippen molar-refractivity contribution in [3.8, 4) is 0 Å². The lowest BCUT2D eigenvalue weighted by Gasteiger charge is -2.03. The average molecular weight is 223 g/mol. The van der Waals surface area contributed by atoms with E-state index in [0.29, 0.717) is 19.4 Å². The highest BCUT2D eigenvalue weighted by atomic mass is 16.5. The van der Waals surface area contributed by atoms with Crippen LogP contribution in [0.25, 0.3) is 0 Å². The van der Waals surface area contributed by atoms with Crippen LogP contribution in [0, 0.1) is 0 Å². The predicted octanol–water partition coefficient (Wildman–Crippen LogP) is 1.48. The second-order valence-electron chi connectivity index (χ2n) is 3.63. The van der Waals surface area contributed by atoms with Crippen molar-refractivity contribution in [1.82, 2.24) is 4.57 Å². The standard InChI is InChI=1S/C12H17NO3/c1-3-16-12(15)9-11(14)7-6-10-5-4-8-13(10)2/h4-5,8H,3,6-7,9H2,1-2H3. The molecule has 0 bridgehead atoms. The van der Waals surface area contributed by atoms with E-state index in [-0.39, 0.29) is 12.2 Å². The largest absolute Gasteiger partial charge is 0.466 e. The molecule has 0 aliphatic carbocycles. The molecule has 4 nitrogen and oxygen atoms in total. The minimum Gasteiger partial charge on any atom is -0.466 e. The molecule has 0 N–H and O–H groups in total. The number of rotatable bonds is 6. The van der Waals surface area contributed by atoms with Crippen molar-refractivity contribution in [1.29, 1.82) is 0 Å². The Morgan fingerprint density at radius 3 is 2.75 bits per heavy atom. The van der Waals surface area contributed by atoms with Gasteiger partial charge in [-0.3, -0.25) is 9.59 Å². The van der Waals surface area contributed by atoms with Crippen molar-refractivity contribution in [2.75, 3.05) is 6.61 Å².